The van der Waals surface area contributed by atoms with Gasteiger partial charge in [-0.3, -0.25) is 4.79 Å². The van der Waals surface area contributed by atoms with E-state index >= 15 is 0 Å². The van der Waals surface area contributed by atoms with Gasteiger partial charge in [0.05, 0.1) is 12.3 Å². The van der Waals surface area contributed by atoms with Crippen molar-refractivity contribution in [2.45, 2.75) is 24.5 Å². The topological polar surface area (TPSA) is 71.0 Å². The van der Waals surface area contributed by atoms with Gasteiger partial charge in [-0.05, 0) is 29.0 Å². The maximum absolute atomic E-state index is 12.2. The zero-order valence-electron chi connectivity index (χ0n) is 16.1. The third-order valence-corrected chi connectivity index (χ3v) is 8.04. The van der Waals surface area contributed by atoms with Gasteiger partial charge in [0.15, 0.2) is 10.8 Å². The van der Waals surface area contributed by atoms with Crippen molar-refractivity contribution in [3.8, 4) is 0 Å². The van der Waals surface area contributed by atoms with Crippen LogP contribution < -0.4 is 10.2 Å². The summed E-state index contributed by atoms with van der Waals surface area (Å²) in [5.41, 5.74) is 3.47. The van der Waals surface area contributed by atoms with Crippen LogP contribution >= 0.6 is 34.4 Å². The molecule has 1 aliphatic rings. The minimum absolute atomic E-state index is 0.00228. The van der Waals surface area contributed by atoms with E-state index in [2.05, 4.69) is 44.5 Å². The summed E-state index contributed by atoms with van der Waals surface area (Å²) in [6, 6.07) is 12.6. The first-order valence-corrected chi connectivity index (χ1v) is 12.3. The number of anilines is 1. The third-order valence-electron chi connectivity index (χ3n) is 4.93. The Kier molecular flexibility index (Phi) is 5.65. The summed E-state index contributed by atoms with van der Waals surface area (Å²) in [6.07, 6.45) is 2.55. The van der Waals surface area contributed by atoms with E-state index < -0.39 is 0 Å². The van der Waals surface area contributed by atoms with Crippen molar-refractivity contribution >= 4 is 55.8 Å². The lowest BCUT2D eigenvalue weighted by atomic mass is 10.0. The Morgan fingerprint density at radius 2 is 2.07 bits per heavy atom. The van der Waals surface area contributed by atoms with Crippen molar-refractivity contribution in [1.82, 2.24) is 20.3 Å². The number of carbonyl (C=O) groups is 1. The smallest absolute Gasteiger partial charge is 0.230 e. The van der Waals surface area contributed by atoms with Gasteiger partial charge in [-0.1, -0.05) is 53.4 Å². The fourth-order valence-electron chi connectivity index (χ4n) is 3.40. The molecule has 4 heterocycles. The van der Waals surface area contributed by atoms with Gasteiger partial charge in [-0.2, -0.15) is 4.98 Å². The number of thiophene rings is 1. The molecule has 6 nitrogen and oxygen atoms in total. The molecule has 9 heteroatoms. The second-order valence-electron chi connectivity index (χ2n) is 6.91. The van der Waals surface area contributed by atoms with Crippen LogP contribution in [0, 0.1) is 0 Å². The summed E-state index contributed by atoms with van der Waals surface area (Å²) in [4.78, 5) is 29.2. The SMILES string of the molecule is O=C(CSc1ncnc2nc(N3CCc4ccccc4C3)sc12)NCc1cccs1. The lowest BCUT2D eigenvalue weighted by Gasteiger charge is -2.28. The van der Waals surface area contributed by atoms with Crippen LogP contribution in [0.25, 0.3) is 10.3 Å². The molecule has 0 saturated heterocycles. The number of rotatable bonds is 6. The zero-order valence-corrected chi connectivity index (χ0v) is 18.5. The molecule has 0 bridgehead atoms. The van der Waals surface area contributed by atoms with E-state index in [1.807, 2.05) is 17.5 Å². The largest absolute Gasteiger partial charge is 0.350 e. The van der Waals surface area contributed by atoms with Crippen LogP contribution in [-0.4, -0.2) is 33.2 Å². The number of thiazole rings is 1. The standard InChI is InChI=1S/C21H19N5OS3/c27-17(22-10-16-6-3-9-28-16)12-29-20-18-19(23-13-24-20)25-21(30-18)26-8-7-14-4-1-2-5-15(14)11-26/h1-6,9,13H,7-8,10-12H2,(H,22,27). The van der Waals surface area contributed by atoms with Crippen LogP contribution in [0.4, 0.5) is 5.13 Å². The van der Waals surface area contributed by atoms with Gasteiger partial charge >= 0.3 is 0 Å². The minimum atomic E-state index is -0.00228. The van der Waals surface area contributed by atoms with Gasteiger partial charge in [0.1, 0.15) is 16.1 Å². The molecule has 0 radical (unpaired) electrons. The van der Waals surface area contributed by atoms with Crippen LogP contribution in [0.15, 0.2) is 53.1 Å². The number of thioether (sulfide) groups is 1. The lowest BCUT2D eigenvalue weighted by Crippen LogP contribution is -2.30. The Hall–Kier alpha value is -2.49. The average molecular weight is 454 g/mol. The average Bonchev–Trinajstić information content (AvgIpc) is 3.46. The summed E-state index contributed by atoms with van der Waals surface area (Å²) in [6.45, 7) is 2.37. The number of carbonyl (C=O) groups excluding carboxylic acids is 1. The highest BCUT2D eigenvalue weighted by atomic mass is 32.2. The number of aromatic nitrogens is 3. The van der Waals surface area contributed by atoms with Crippen molar-refractivity contribution in [1.29, 1.82) is 0 Å². The number of fused-ring (bicyclic) bond motifs is 2. The van der Waals surface area contributed by atoms with Crippen LogP contribution in [0.3, 0.4) is 0 Å². The molecule has 1 N–H and O–H groups in total. The highest BCUT2D eigenvalue weighted by Crippen LogP contribution is 2.35. The summed E-state index contributed by atoms with van der Waals surface area (Å²) in [5.74, 6) is 0.319. The first kappa shape index (κ1) is 19.5. The number of hydrogen-bond donors (Lipinski definition) is 1. The molecule has 3 aromatic heterocycles. The molecule has 1 amide bonds. The van der Waals surface area contributed by atoms with Gasteiger partial charge in [0.2, 0.25) is 5.91 Å². The van der Waals surface area contributed by atoms with E-state index in [-0.39, 0.29) is 5.91 Å². The molecule has 1 aromatic carbocycles. The maximum atomic E-state index is 12.2. The van der Waals surface area contributed by atoms with Crippen molar-refractivity contribution in [2.24, 2.45) is 0 Å². The molecule has 5 rings (SSSR count). The van der Waals surface area contributed by atoms with Crippen LogP contribution in [0.1, 0.15) is 16.0 Å². The van der Waals surface area contributed by atoms with Crippen molar-refractivity contribution in [3.63, 3.8) is 0 Å². The number of nitrogens with one attached hydrogen (secondary N) is 1. The molecule has 0 fully saturated rings. The van der Waals surface area contributed by atoms with Gasteiger partial charge in [-0.25, -0.2) is 9.97 Å². The maximum Gasteiger partial charge on any atom is 0.230 e. The first-order valence-electron chi connectivity index (χ1n) is 9.61. The molecule has 0 unspecified atom stereocenters. The molecule has 152 valence electrons. The molecular formula is C21H19N5OS3. The Balaban J connectivity index is 1.28. The van der Waals surface area contributed by atoms with Gasteiger partial charge in [0.25, 0.3) is 0 Å². The minimum Gasteiger partial charge on any atom is -0.350 e. The van der Waals surface area contributed by atoms with E-state index in [1.54, 1.807) is 22.7 Å². The zero-order chi connectivity index (χ0) is 20.3. The van der Waals surface area contributed by atoms with E-state index in [4.69, 9.17) is 4.98 Å². The van der Waals surface area contributed by atoms with E-state index in [9.17, 15) is 4.79 Å². The van der Waals surface area contributed by atoms with Gasteiger partial charge in [0, 0.05) is 18.0 Å². The Morgan fingerprint density at radius 1 is 1.17 bits per heavy atom. The number of benzene rings is 1. The van der Waals surface area contributed by atoms with Crippen molar-refractivity contribution in [2.75, 3.05) is 17.2 Å². The first-order chi connectivity index (χ1) is 14.8. The second-order valence-corrected chi connectivity index (χ2v) is 9.89. The molecule has 0 atom stereocenters. The molecule has 0 aliphatic carbocycles. The summed E-state index contributed by atoms with van der Waals surface area (Å²) >= 11 is 4.68. The Labute approximate surface area is 186 Å². The molecule has 1 aliphatic heterocycles. The van der Waals surface area contributed by atoms with E-state index in [0.29, 0.717) is 17.9 Å². The van der Waals surface area contributed by atoms with Crippen molar-refractivity contribution < 1.29 is 4.79 Å². The van der Waals surface area contributed by atoms with Crippen LogP contribution in [0.2, 0.25) is 0 Å². The highest BCUT2D eigenvalue weighted by molar-refractivity contribution is 8.00. The predicted molar refractivity (Wildman–Crippen MR) is 123 cm³/mol. The summed E-state index contributed by atoms with van der Waals surface area (Å²) in [5, 5.41) is 6.74. The molecule has 30 heavy (non-hydrogen) atoms. The predicted octanol–water partition coefficient (Wildman–Crippen LogP) is 4.12. The fraction of sp³-hybridized carbons (Fsp3) is 0.238. The van der Waals surface area contributed by atoms with Crippen molar-refractivity contribution in [3.05, 3.63) is 64.1 Å². The molecule has 0 saturated carbocycles. The second kappa shape index (κ2) is 8.71. The van der Waals surface area contributed by atoms with Crippen LogP contribution in [0.5, 0.6) is 0 Å². The quantitative estimate of drug-likeness (QED) is 0.350. The fourth-order valence-corrected chi connectivity index (χ4v) is 5.99. The number of amides is 1. The normalized spacial score (nSPS) is 13.4. The summed E-state index contributed by atoms with van der Waals surface area (Å²) < 4.78 is 0.947. The third kappa shape index (κ3) is 4.19. The van der Waals surface area contributed by atoms with Gasteiger partial charge < -0.3 is 10.2 Å². The van der Waals surface area contributed by atoms with E-state index in [1.165, 1.54) is 29.2 Å². The van der Waals surface area contributed by atoms with E-state index in [0.717, 1.165) is 39.2 Å². The Morgan fingerprint density at radius 3 is 2.93 bits per heavy atom. The highest BCUT2D eigenvalue weighted by Gasteiger charge is 2.21. The molecule has 4 aromatic rings. The lowest BCUT2D eigenvalue weighted by molar-refractivity contribution is -0.118. The summed E-state index contributed by atoms with van der Waals surface area (Å²) in [7, 11) is 0. The Bertz CT molecular complexity index is 1170. The number of hydrogen-bond acceptors (Lipinski definition) is 8. The van der Waals surface area contributed by atoms with Gasteiger partial charge in [-0.15, -0.1) is 11.3 Å². The number of nitrogens with zero attached hydrogens (tertiary/aromatic N) is 4. The van der Waals surface area contributed by atoms with Crippen LogP contribution in [-0.2, 0) is 24.3 Å². The molecular weight excluding hydrogens is 434 g/mol. The molecule has 0 spiro atoms. The monoisotopic (exact) mass is 453 g/mol.